The first-order chi connectivity index (χ1) is 9.15. The minimum atomic E-state index is -0.276. The number of benzene rings is 2. The Morgan fingerprint density at radius 1 is 1.00 bits per heavy atom. The van der Waals surface area contributed by atoms with Crippen molar-refractivity contribution in [2.24, 2.45) is 5.73 Å². The maximum absolute atomic E-state index is 6.28. The van der Waals surface area contributed by atoms with Crippen LogP contribution in [0.15, 0.2) is 61.9 Å². The van der Waals surface area contributed by atoms with Gasteiger partial charge in [-0.2, -0.15) is 0 Å². The molecule has 0 radical (unpaired) electrons. The normalized spacial score (nSPS) is 12.8. The zero-order valence-electron chi connectivity index (χ0n) is 9.94. The van der Waals surface area contributed by atoms with Crippen molar-refractivity contribution in [1.82, 2.24) is 0 Å². The van der Waals surface area contributed by atoms with Crippen molar-refractivity contribution in [3.63, 3.8) is 0 Å². The minimum absolute atomic E-state index is 0.276. The third-order valence-corrected chi connectivity index (χ3v) is 4.26. The van der Waals surface area contributed by atoms with Crippen LogP contribution in [-0.2, 0) is 0 Å². The molecule has 1 unspecified atom stereocenters. The van der Waals surface area contributed by atoms with Gasteiger partial charge in [0, 0.05) is 14.3 Å². The molecule has 0 fully saturated rings. The van der Waals surface area contributed by atoms with Crippen LogP contribution in [0.5, 0.6) is 0 Å². The van der Waals surface area contributed by atoms with Crippen molar-refractivity contribution in [2.75, 3.05) is 0 Å². The zero-order valence-corrected chi connectivity index (χ0v) is 13.1. The van der Waals surface area contributed by atoms with E-state index < -0.39 is 0 Å². The van der Waals surface area contributed by atoms with E-state index in [9.17, 15) is 0 Å². The molecule has 0 aliphatic rings. The van der Waals surface area contributed by atoms with Crippen LogP contribution in [0, 0.1) is 0 Å². The molecule has 96 valence electrons. The summed E-state index contributed by atoms with van der Waals surface area (Å²) < 4.78 is 7.85. The molecule has 4 heteroatoms. The molecule has 0 bridgehead atoms. The van der Waals surface area contributed by atoms with Crippen LogP contribution in [0.25, 0.3) is 11.0 Å². The molecule has 2 aromatic carbocycles. The van der Waals surface area contributed by atoms with Crippen LogP contribution in [0.1, 0.15) is 17.4 Å². The Kier molecular flexibility index (Phi) is 3.48. The fourth-order valence-corrected chi connectivity index (χ4v) is 2.98. The molecule has 1 atom stereocenters. The quantitative estimate of drug-likeness (QED) is 0.678. The second kappa shape index (κ2) is 5.12. The Morgan fingerprint density at radius 3 is 2.58 bits per heavy atom. The van der Waals surface area contributed by atoms with E-state index in [2.05, 4.69) is 31.9 Å². The maximum atomic E-state index is 6.28. The lowest BCUT2D eigenvalue weighted by atomic mass is 10.1. The molecule has 2 N–H and O–H groups in total. The second-order valence-electron chi connectivity index (χ2n) is 4.33. The minimum Gasteiger partial charge on any atom is -0.459 e. The topological polar surface area (TPSA) is 39.2 Å². The standard InChI is InChI=1S/C15H11Br2NO/c16-10-5-6-13-9(7-10)8-14(19-13)15(18)11-3-1-2-4-12(11)17/h1-8,15H,18H2. The number of hydrogen-bond donors (Lipinski definition) is 1. The highest BCUT2D eigenvalue weighted by Gasteiger charge is 2.16. The van der Waals surface area contributed by atoms with E-state index in [4.69, 9.17) is 10.2 Å². The van der Waals surface area contributed by atoms with Gasteiger partial charge in [-0.05, 0) is 35.9 Å². The first-order valence-electron chi connectivity index (χ1n) is 5.84. The van der Waals surface area contributed by atoms with Crippen LogP contribution in [0.4, 0.5) is 0 Å². The molecule has 0 saturated carbocycles. The van der Waals surface area contributed by atoms with Crippen LogP contribution in [-0.4, -0.2) is 0 Å². The molecule has 0 spiro atoms. The largest absolute Gasteiger partial charge is 0.459 e. The number of rotatable bonds is 2. The molecule has 3 aromatic rings. The first-order valence-corrected chi connectivity index (χ1v) is 7.43. The summed E-state index contributed by atoms with van der Waals surface area (Å²) in [6.07, 6.45) is 0. The lowest BCUT2D eigenvalue weighted by molar-refractivity contribution is 0.524. The molecule has 1 heterocycles. The Morgan fingerprint density at radius 2 is 1.79 bits per heavy atom. The van der Waals surface area contributed by atoms with Gasteiger partial charge in [0.15, 0.2) is 0 Å². The molecule has 0 aliphatic carbocycles. The van der Waals surface area contributed by atoms with E-state index in [0.717, 1.165) is 31.2 Å². The van der Waals surface area contributed by atoms with Gasteiger partial charge in [-0.15, -0.1) is 0 Å². The Bertz CT molecular complexity index is 736. The van der Waals surface area contributed by atoms with Crippen LogP contribution in [0.3, 0.4) is 0 Å². The van der Waals surface area contributed by atoms with Gasteiger partial charge in [-0.25, -0.2) is 0 Å². The molecule has 2 nitrogen and oxygen atoms in total. The highest BCUT2D eigenvalue weighted by atomic mass is 79.9. The van der Waals surface area contributed by atoms with E-state index in [1.807, 2.05) is 48.5 Å². The van der Waals surface area contributed by atoms with Crippen LogP contribution in [0.2, 0.25) is 0 Å². The van der Waals surface area contributed by atoms with Gasteiger partial charge in [0.05, 0.1) is 6.04 Å². The van der Waals surface area contributed by atoms with Crippen molar-refractivity contribution < 1.29 is 4.42 Å². The van der Waals surface area contributed by atoms with Crippen molar-refractivity contribution >= 4 is 42.8 Å². The number of nitrogens with two attached hydrogens (primary N) is 1. The van der Waals surface area contributed by atoms with Gasteiger partial charge in [-0.1, -0.05) is 50.1 Å². The third kappa shape index (κ3) is 2.48. The highest BCUT2D eigenvalue weighted by molar-refractivity contribution is 9.10. The third-order valence-electron chi connectivity index (χ3n) is 3.04. The number of furan rings is 1. The van der Waals surface area contributed by atoms with Gasteiger partial charge >= 0.3 is 0 Å². The fraction of sp³-hybridized carbons (Fsp3) is 0.0667. The van der Waals surface area contributed by atoms with E-state index in [1.165, 1.54) is 0 Å². The molecule has 0 amide bonds. The lowest BCUT2D eigenvalue weighted by Gasteiger charge is -2.10. The van der Waals surface area contributed by atoms with E-state index in [1.54, 1.807) is 0 Å². The summed E-state index contributed by atoms with van der Waals surface area (Å²) in [4.78, 5) is 0. The summed E-state index contributed by atoms with van der Waals surface area (Å²) in [7, 11) is 0. The number of fused-ring (bicyclic) bond motifs is 1. The molecule has 3 rings (SSSR count). The van der Waals surface area contributed by atoms with Crippen molar-refractivity contribution in [3.8, 4) is 0 Å². The van der Waals surface area contributed by atoms with Crippen molar-refractivity contribution in [3.05, 3.63) is 68.8 Å². The van der Waals surface area contributed by atoms with Crippen LogP contribution < -0.4 is 5.73 Å². The van der Waals surface area contributed by atoms with Gasteiger partial charge in [0.1, 0.15) is 11.3 Å². The van der Waals surface area contributed by atoms with E-state index >= 15 is 0 Å². The Balaban J connectivity index is 2.07. The summed E-state index contributed by atoms with van der Waals surface area (Å²) in [5, 5.41) is 1.05. The van der Waals surface area contributed by atoms with Gasteiger partial charge in [0.25, 0.3) is 0 Å². The monoisotopic (exact) mass is 379 g/mol. The van der Waals surface area contributed by atoms with E-state index in [-0.39, 0.29) is 6.04 Å². The van der Waals surface area contributed by atoms with Gasteiger partial charge in [-0.3, -0.25) is 0 Å². The van der Waals surface area contributed by atoms with Crippen LogP contribution >= 0.6 is 31.9 Å². The Hall–Kier alpha value is -1.10. The predicted molar refractivity (Wildman–Crippen MR) is 84.1 cm³/mol. The summed E-state index contributed by atoms with van der Waals surface area (Å²) in [6.45, 7) is 0. The number of hydrogen-bond acceptors (Lipinski definition) is 2. The second-order valence-corrected chi connectivity index (χ2v) is 6.10. The summed E-state index contributed by atoms with van der Waals surface area (Å²) in [6, 6.07) is 15.6. The molecule has 1 aromatic heterocycles. The molecule has 0 saturated heterocycles. The van der Waals surface area contributed by atoms with Crippen molar-refractivity contribution in [2.45, 2.75) is 6.04 Å². The maximum Gasteiger partial charge on any atom is 0.134 e. The smallest absolute Gasteiger partial charge is 0.134 e. The van der Waals surface area contributed by atoms with E-state index in [0.29, 0.717) is 0 Å². The molecular formula is C15H11Br2NO. The molecule has 0 aliphatic heterocycles. The fourth-order valence-electron chi connectivity index (χ4n) is 2.07. The van der Waals surface area contributed by atoms with Gasteiger partial charge < -0.3 is 10.2 Å². The highest BCUT2D eigenvalue weighted by Crippen LogP contribution is 2.31. The zero-order chi connectivity index (χ0) is 13.4. The average molecular weight is 381 g/mol. The Labute approximate surface area is 127 Å². The predicted octanol–water partition coefficient (Wildman–Crippen LogP) is 5.01. The lowest BCUT2D eigenvalue weighted by Crippen LogP contribution is -2.11. The van der Waals surface area contributed by atoms with Crippen molar-refractivity contribution in [1.29, 1.82) is 0 Å². The summed E-state index contributed by atoms with van der Waals surface area (Å²) in [5.41, 5.74) is 8.15. The summed E-state index contributed by atoms with van der Waals surface area (Å²) >= 11 is 6.98. The molecule has 19 heavy (non-hydrogen) atoms. The first kappa shape index (κ1) is 12.9. The number of halogens is 2. The van der Waals surface area contributed by atoms with Gasteiger partial charge in [0.2, 0.25) is 0 Å². The average Bonchev–Trinajstić information content (AvgIpc) is 2.81. The SMILES string of the molecule is NC(c1cc2cc(Br)ccc2o1)c1ccccc1Br. The molecular weight excluding hydrogens is 370 g/mol. The summed E-state index contributed by atoms with van der Waals surface area (Å²) in [5.74, 6) is 0.764.